The Morgan fingerprint density at radius 1 is 1.64 bits per heavy atom. The Hall–Kier alpha value is -0.610. The molecule has 0 aromatic heterocycles. The number of nitrogens with one attached hydrogen (secondary N) is 1. The lowest BCUT2D eigenvalue weighted by atomic mass is 9.77. The van der Waals surface area contributed by atoms with Gasteiger partial charge in [-0.3, -0.25) is 4.79 Å². The first kappa shape index (κ1) is 11.5. The van der Waals surface area contributed by atoms with Gasteiger partial charge in [-0.15, -0.1) is 0 Å². The average molecular weight is 200 g/mol. The molecule has 0 aromatic carbocycles. The number of carbonyl (C=O) groups is 1. The second kappa shape index (κ2) is 4.75. The van der Waals surface area contributed by atoms with Crippen molar-refractivity contribution < 1.29 is 9.53 Å². The zero-order valence-corrected chi connectivity index (χ0v) is 9.01. The Labute approximate surface area is 85.2 Å². The normalized spacial score (nSPS) is 21.1. The molecule has 14 heavy (non-hydrogen) atoms. The van der Waals surface area contributed by atoms with Crippen molar-refractivity contribution in [1.82, 2.24) is 5.32 Å². The van der Waals surface area contributed by atoms with Crippen molar-refractivity contribution in [2.45, 2.75) is 44.2 Å². The van der Waals surface area contributed by atoms with Crippen molar-refractivity contribution in [3.8, 4) is 0 Å². The van der Waals surface area contributed by atoms with E-state index in [0.717, 1.165) is 25.7 Å². The number of hydrogen-bond donors (Lipinski definition) is 2. The minimum Gasteiger partial charge on any atom is -0.385 e. The van der Waals surface area contributed by atoms with Gasteiger partial charge in [0.25, 0.3) is 0 Å². The Balaban J connectivity index is 2.25. The van der Waals surface area contributed by atoms with Gasteiger partial charge in [0.1, 0.15) is 0 Å². The molecule has 0 radical (unpaired) electrons. The smallest absolute Gasteiger partial charge is 0.240 e. The van der Waals surface area contributed by atoms with E-state index in [4.69, 9.17) is 10.5 Å². The molecule has 0 bridgehead atoms. The number of ether oxygens (including phenoxy) is 1. The summed E-state index contributed by atoms with van der Waals surface area (Å²) in [5.74, 6) is -0.00708. The Morgan fingerprint density at radius 2 is 2.29 bits per heavy atom. The van der Waals surface area contributed by atoms with E-state index in [1.54, 1.807) is 7.11 Å². The van der Waals surface area contributed by atoms with Crippen LogP contribution < -0.4 is 11.1 Å². The van der Waals surface area contributed by atoms with Gasteiger partial charge in [-0.1, -0.05) is 0 Å². The van der Waals surface area contributed by atoms with Crippen LogP contribution in [-0.4, -0.2) is 31.2 Å². The van der Waals surface area contributed by atoms with Gasteiger partial charge < -0.3 is 15.8 Å². The lowest BCUT2D eigenvalue weighted by molar-refractivity contribution is -0.129. The minimum absolute atomic E-state index is 0.00708. The third-order valence-electron chi connectivity index (χ3n) is 2.83. The molecule has 1 fully saturated rings. The summed E-state index contributed by atoms with van der Waals surface area (Å²) in [7, 11) is 1.66. The lowest BCUT2D eigenvalue weighted by Gasteiger charge is -2.37. The van der Waals surface area contributed by atoms with Gasteiger partial charge in [-0.05, 0) is 32.6 Å². The van der Waals surface area contributed by atoms with Crippen LogP contribution in [0.2, 0.25) is 0 Å². The topological polar surface area (TPSA) is 64.3 Å². The SMILES string of the molecule is COCCC(C)NC(=O)C1(N)CCC1. The first-order chi connectivity index (χ1) is 6.58. The van der Waals surface area contributed by atoms with E-state index >= 15 is 0 Å². The van der Waals surface area contributed by atoms with Gasteiger partial charge >= 0.3 is 0 Å². The van der Waals surface area contributed by atoms with Crippen molar-refractivity contribution >= 4 is 5.91 Å². The molecule has 1 atom stereocenters. The summed E-state index contributed by atoms with van der Waals surface area (Å²) in [5, 5.41) is 2.91. The molecule has 0 aliphatic heterocycles. The number of hydrogen-bond acceptors (Lipinski definition) is 3. The standard InChI is InChI=1S/C10H20N2O2/c1-8(4-7-14-2)12-9(13)10(11)5-3-6-10/h8H,3-7,11H2,1-2H3,(H,12,13). The van der Waals surface area contributed by atoms with Crippen LogP contribution in [0.3, 0.4) is 0 Å². The third kappa shape index (κ3) is 2.69. The predicted molar refractivity (Wildman–Crippen MR) is 54.9 cm³/mol. The highest BCUT2D eigenvalue weighted by molar-refractivity contribution is 5.87. The van der Waals surface area contributed by atoms with Crippen LogP contribution in [0.5, 0.6) is 0 Å². The molecule has 82 valence electrons. The largest absolute Gasteiger partial charge is 0.385 e. The average Bonchev–Trinajstić information content (AvgIpc) is 2.10. The van der Waals surface area contributed by atoms with E-state index in [9.17, 15) is 4.79 Å². The quantitative estimate of drug-likeness (QED) is 0.675. The number of rotatable bonds is 5. The van der Waals surface area contributed by atoms with Gasteiger partial charge in [-0.2, -0.15) is 0 Å². The number of carbonyl (C=O) groups excluding carboxylic acids is 1. The zero-order valence-electron chi connectivity index (χ0n) is 9.01. The van der Waals surface area contributed by atoms with Crippen LogP contribution >= 0.6 is 0 Å². The molecule has 1 rings (SSSR count). The van der Waals surface area contributed by atoms with Gasteiger partial charge in [0.2, 0.25) is 5.91 Å². The summed E-state index contributed by atoms with van der Waals surface area (Å²) < 4.78 is 4.94. The monoisotopic (exact) mass is 200 g/mol. The van der Waals surface area contributed by atoms with E-state index < -0.39 is 5.54 Å². The Kier molecular flexibility index (Phi) is 3.89. The molecule has 1 saturated carbocycles. The molecule has 0 aromatic rings. The van der Waals surface area contributed by atoms with E-state index in [-0.39, 0.29) is 11.9 Å². The highest BCUT2D eigenvalue weighted by atomic mass is 16.5. The molecule has 4 nitrogen and oxygen atoms in total. The molecule has 0 heterocycles. The van der Waals surface area contributed by atoms with Crippen LogP contribution in [0.15, 0.2) is 0 Å². The maximum Gasteiger partial charge on any atom is 0.240 e. The zero-order chi connectivity index (χ0) is 10.6. The fourth-order valence-electron chi connectivity index (χ4n) is 1.52. The van der Waals surface area contributed by atoms with Crippen molar-refractivity contribution in [3.05, 3.63) is 0 Å². The highest BCUT2D eigenvalue weighted by Gasteiger charge is 2.40. The summed E-state index contributed by atoms with van der Waals surface area (Å²) >= 11 is 0. The fraction of sp³-hybridized carbons (Fsp3) is 0.900. The van der Waals surface area contributed by atoms with Crippen LogP contribution in [0.25, 0.3) is 0 Å². The van der Waals surface area contributed by atoms with Crippen LogP contribution in [0.1, 0.15) is 32.6 Å². The van der Waals surface area contributed by atoms with Gasteiger partial charge in [0.05, 0.1) is 5.54 Å². The lowest BCUT2D eigenvalue weighted by Crippen LogP contribution is -2.59. The first-order valence-electron chi connectivity index (χ1n) is 5.17. The Bertz CT molecular complexity index is 202. The summed E-state index contributed by atoms with van der Waals surface area (Å²) in [6.45, 7) is 2.64. The molecule has 0 saturated heterocycles. The molecule has 1 aliphatic carbocycles. The Morgan fingerprint density at radius 3 is 2.71 bits per heavy atom. The van der Waals surface area contributed by atoms with Gasteiger partial charge in [-0.25, -0.2) is 0 Å². The van der Waals surface area contributed by atoms with Crippen LogP contribution in [-0.2, 0) is 9.53 Å². The number of amides is 1. The molecule has 4 heteroatoms. The summed E-state index contributed by atoms with van der Waals surface area (Å²) in [6, 6.07) is 0.142. The van der Waals surface area contributed by atoms with Crippen molar-refractivity contribution in [3.63, 3.8) is 0 Å². The fourth-order valence-corrected chi connectivity index (χ4v) is 1.52. The molecule has 0 spiro atoms. The number of nitrogens with two attached hydrogens (primary N) is 1. The second-order valence-electron chi connectivity index (χ2n) is 4.17. The number of methoxy groups -OCH3 is 1. The molecular weight excluding hydrogens is 180 g/mol. The van der Waals surface area contributed by atoms with Crippen molar-refractivity contribution in [1.29, 1.82) is 0 Å². The molecule has 1 aliphatic rings. The summed E-state index contributed by atoms with van der Waals surface area (Å²) in [4.78, 5) is 11.6. The van der Waals surface area contributed by atoms with Gasteiger partial charge in [0.15, 0.2) is 0 Å². The van der Waals surface area contributed by atoms with E-state index in [1.807, 2.05) is 6.92 Å². The predicted octanol–water partition coefficient (Wildman–Crippen LogP) is 0.409. The minimum atomic E-state index is -0.582. The molecule has 1 unspecified atom stereocenters. The second-order valence-corrected chi connectivity index (χ2v) is 4.17. The van der Waals surface area contributed by atoms with Crippen molar-refractivity contribution in [2.75, 3.05) is 13.7 Å². The van der Waals surface area contributed by atoms with E-state index in [0.29, 0.717) is 6.61 Å². The maximum atomic E-state index is 11.6. The summed E-state index contributed by atoms with van der Waals surface area (Å²) in [6.07, 6.45) is 3.53. The third-order valence-corrected chi connectivity index (χ3v) is 2.83. The highest BCUT2D eigenvalue weighted by Crippen LogP contribution is 2.29. The molecule has 3 N–H and O–H groups in total. The summed E-state index contributed by atoms with van der Waals surface area (Å²) in [5.41, 5.74) is 5.30. The maximum absolute atomic E-state index is 11.6. The van der Waals surface area contributed by atoms with E-state index in [1.165, 1.54) is 0 Å². The molecule has 1 amide bonds. The van der Waals surface area contributed by atoms with Gasteiger partial charge in [0, 0.05) is 19.8 Å². The first-order valence-corrected chi connectivity index (χ1v) is 5.17. The van der Waals surface area contributed by atoms with Crippen molar-refractivity contribution in [2.24, 2.45) is 5.73 Å². The molecular formula is C10H20N2O2. The van der Waals surface area contributed by atoms with E-state index in [2.05, 4.69) is 5.32 Å². The van der Waals surface area contributed by atoms with Crippen LogP contribution in [0.4, 0.5) is 0 Å². The van der Waals surface area contributed by atoms with Crippen LogP contribution in [0, 0.1) is 0 Å².